The second-order valence-corrected chi connectivity index (χ2v) is 4.89. The molecular weight excluding hydrogens is 294 g/mol. The van der Waals surface area contributed by atoms with Crippen molar-refractivity contribution in [2.24, 2.45) is 0 Å². The number of aromatic nitrogens is 3. The maximum Gasteiger partial charge on any atom is 0.263 e. The van der Waals surface area contributed by atoms with Gasteiger partial charge in [0.1, 0.15) is 5.65 Å². The van der Waals surface area contributed by atoms with Crippen LogP contribution in [-0.2, 0) is 6.54 Å². The van der Waals surface area contributed by atoms with Crippen molar-refractivity contribution in [3.05, 3.63) is 63.0 Å². The van der Waals surface area contributed by atoms with E-state index in [9.17, 15) is 4.79 Å². The van der Waals surface area contributed by atoms with Gasteiger partial charge in [-0.1, -0.05) is 30.3 Å². The fourth-order valence-electron chi connectivity index (χ4n) is 1.89. The van der Waals surface area contributed by atoms with Crippen molar-refractivity contribution in [2.75, 3.05) is 0 Å². The first-order valence-corrected chi connectivity index (χ1v) is 6.31. The van der Waals surface area contributed by atoms with Crippen molar-refractivity contribution in [1.29, 1.82) is 0 Å². The van der Waals surface area contributed by atoms with Gasteiger partial charge in [-0.25, -0.2) is 4.68 Å². The van der Waals surface area contributed by atoms with Crippen LogP contribution >= 0.6 is 15.9 Å². The third-order valence-electron chi connectivity index (χ3n) is 2.77. The predicted molar refractivity (Wildman–Crippen MR) is 73.6 cm³/mol. The number of hydrogen-bond donors (Lipinski definition) is 1. The Morgan fingerprint density at radius 2 is 2.06 bits per heavy atom. The normalized spacial score (nSPS) is 10.9. The zero-order valence-electron chi connectivity index (χ0n) is 9.43. The van der Waals surface area contributed by atoms with Crippen molar-refractivity contribution in [1.82, 2.24) is 14.8 Å². The van der Waals surface area contributed by atoms with Gasteiger partial charge in [0.25, 0.3) is 5.56 Å². The number of rotatable bonds is 2. The van der Waals surface area contributed by atoms with Crippen molar-refractivity contribution in [3.8, 4) is 0 Å². The zero-order chi connectivity index (χ0) is 12.5. The number of nitrogens with zero attached hydrogens (tertiary/aromatic N) is 2. The standard InChI is InChI=1S/C13H10BrN3O/c14-11-6-10-7-15-17(12(10)16-13(11)18)8-9-4-2-1-3-5-9/h1-7H,8H2,(H,16,18). The van der Waals surface area contributed by atoms with Gasteiger partial charge in [-0.2, -0.15) is 5.10 Å². The van der Waals surface area contributed by atoms with Crippen LogP contribution in [0.25, 0.3) is 11.0 Å². The van der Waals surface area contributed by atoms with E-state index in [1.54, 1.807) is 16.9 Å². The van der Waals surface area contributed by atoms with E-state index in [1.807, 2.05) is 30.3 Å². The van der Waals surface area contributed by atoms with Crippen LogP contribution in [0.5, 0.6) is 0 Å². The van der Waals surface area contributed by atoms with E-state index in [2.05, 4.69) is 26.0 Å². The molecule has 0 bridgehead atoms. The molecule has 3 rings (SSSR count). The molecule has 90 valence electrons. The molecule has 3 aromatic rings. The molecule has 0 aliphatic heterocycles. The van der Waals surface area contributed by atoms with Gasteiger partial charge in [0.2, 0.25) is 0 Å². The molecule has 0 radical (unpaired) electrons. The Labute approximate surface area is 111 Å². The molecule has 0 aliphatic rings. The summed E-state index contributed by atoms with van der Waals surface area (Å²) < 4.78 is 2.31. The lowest BCUT2D eigenvalue weighted by Gasteiger charge is -2.03. The Balaban J connectivity index is 2.08. The van der Waals surface area contributed by atoms with Gasteiger partial charge in [-0.05, 0) is 27.6 Å². The molecule has 0 saturated heterocycles. The Morgan fingerprint density at radius 1 is 1.28 bits per heavy atom. The molecule has 2 aromatic heterocycles. The monoisotopic (exact) mass is 303 g/mol. The lowest BCUT2D eigenvalue weighted by Crippen LogP contribution is -2.10. The summed E-state index contributed by atoms with van der Waals surface area (Å²) in [5, 5.41) is 5.21. The third-order valence-corrected chi connectivity index (χ3v) is 3.36. The van der Waals surface area contributed by atoms with Gasteiger partial charge >= 0.3 is 0 Å². The Bertz CT molecular complexity index is 746. The molecule has 0 saturated carbocycles. The smallest absolute Gasteiger partial charge is 0.263 e. The van der Waals surface area contributed by atoms with E-state index in [4.69, 9.17) is 0 Å². The van der Waals surface area contributed by atoms with E-state index in [0.29, 0.717) is 11.0 Å². The first-order valence-electron chi connectivity index (χ1n) is 5.52. The summed E-state index contributed by atoms with van der Waals surface area (Å²) in [5.74, 6) is 0. The summed E-state index contributed by atoms with van der Waals surface area (Å²) in [7, 11) is 0. The number of aromatic amines is 1. The summed E-state index contributed by atoms with van der Waals surface area (Å²) in [4.78, 5) is 14.4. The molecule has 0 fully saturated rings. The van der Waals surface area contributed by atoms with Gasteiger partial charge in [-0.3, -0.25) is 4.79 Å². The quantitative estimate of drug-likeness (QED) is 0.791. The minimum Gasteiger partial charge on any atom is -0.306 e. The van der Waals surface area contributed by atoms with E-state index < -0.39 is 0 Å². The minimum atomic E-state index is -0.141. The molecule has 2 heterocycles. The molecular formula is C13H10BrN3O. The van der Waals surface area contributed by atoms with Crippen LogP contribution in [0.2, 0.25) is 0 Å². The summed E-state index contributed by atoms with van der Waals surface area (Å²) in [6.07, 6.45) is 1.75. The average molecular weight is 304 g/mol. The summed E-state index contributed by atoms with van der Waals surface area (Å²) in [5.41, 5.74) is 1.75. The highest BCUT2D eigenvalue weighted by atomic mass is 79.9. The predicted octanol–water partition coefficient (Wildman–Crippen LogP) is 2.54. The molecule has 5 heteroatoms. The maximum absolute atomic E-state index is 11.6. The van der Waals surface area contributed by atoms with E-state index >= 15 is 0 Å². The number of halogens is 1. The molecule has 18 heavy (non-hydrogen) atoms. The Kier molecular flexibility index (Phi) is 2.76. The second-order valence-electron chi connectivity index (χ2n) is 4.04. The highest BCUT2D eigenvalue weighted by Gasteiger charge is 2.06. The van der Waals surface area contributed by atoms with Crippen LogP contribution < -0.4 is 5.56 Å². The van der Waals surface area contributed by atoms with Gasteiger partial charge in [-0.15, -0.1) is 0 Å². The van der Waals surface area contributed by atoms with E-state index in [1.165, 1.54) is 0 Å². The van der Waals surface area contributed by atoms with Crippen molar-refractivity contribution >= 4 is 27.0 Å². The van der Waals surface area contributed by atoms with Crippen LogP contribution in [0.3, 0.4) is 0 Å². The van der Waals surface area contributed by atoms with Crippen molar-refractivity contribution < 1.29 is 0 Å². The first kappa shape index (κ1) is 11.2. The summed E-state index contributed by atoms with van der Waals surface area (Å²) in [6, 6.07) is 11.8. The molecule has 1 N–H and O–H groups in total. The fourth-order valence-corrected chi connectivity index (χ4v) is 2.23. The molecule has 4 nitrogen and oxygen atoms in total. The second kappa shape index (κ2) is 4.42. The minimum absolute atomic E-state index is 0.141. The number of fused-ring (bicyclic) bond motifs is 1. The van der Waals surface area contributed by atoms with Gasteiger partial charge in [0, 0.05) is 5.39 Å². The number of benzene rings is 1. The lowest BCUT2D eigenvalue weighted by atomic mass is 10.2. The molecule has 1 aromatic carbocycles. The van der Waals surface area contributed by atoms with Gasteiger partial charge < -0.3 is 4.98 Å². The van der Waals surface area contributed by atoms with Crippen molar-refractivity contribution in [2.45, 2.75) is 6.54 Å². The van der Waals surface area contributed by atoms with Crippen LogP contribution in [0.15, 0.2) is 51.9 Å². The summed E-state index contributed by atoms with van der Waals surface area (Å²) >= 11 is 3.21. The lowest BCUT2D eigenvalue weighted by molar-refractivity contribution is 0.703. The average Bonchev–Trinajstić information content (AvgIpc) is 2.74. The fraction of sp³-hybridized carbons (Fsp3) is 0.0769. The van der Waals surface area contributed by atoms with Crippen LogP contribution in [0, 0.1) is 0 Å². The molecule has 0 amide bonds. The van der Waals surface area contributed by atoms with Crippen LogP contribution in [0.4, 0.5) is 0 Å². The Hall–Kier alpha value is -1.88. The topological polar surface area (TPSA) is 50.7 Å². The van der Waals surface area contributed by atoms with Crippen molar-refractivity contribution in [3.63, 3.8) is 0 Å². The first-order chi connectivity index (χ1) is 8.74. The maximum atomic E-state index is 11.6. The zero-order valence-corrected chi connectivity index (χ0v) is 11.0. The summed E-state index contributed by atoms with van der Waals surface area (Å²) in [6.45, 7) is 0.641. The van der Waals surface area contributed by atoms with Crippen LogP contribution in [0.1, 0.15) is 5.56 Å². The van der Waals surface area contributed by atoms with Crippen LogP contribution in [-0.4, -0.2) is 14.8 Å². The molecule has 0 spiro atoms. The van der Waals surface area contributed by atoms with E-state index in [0.717, 1.165) is 16.6 Å². The highest BCUT2D eigenvalue weighted by molar-refractivity contribution is 9.10. The number of pyridine rings is 1. The molecule has 0 unspecified atom stereocenters. The van der Waals surface area contributed by atoms with Gasteiger partial charge in [0.05, 0.1) is 17.2 Å². The third kappa shape index (κ3) is 1.97. The number of H-pyrrole nitrogens is 1. The molecule has 0 aliphatic carbocycles. The highest BCUT2D eigenvalue weighted by Crippen LogP contribution is 2.14. The SMILES string of the molecule is O=c1[nH]c2c(cnn2Cc2ccccc2)cc1Br. The largest absolute Gasteiger partial charge is 0.306 e. The van der Waals surface area contributed by atoms with E-state index in [-0.39, 0.29) is 5.56 Å². The number of hydrogen-bond acceptors (Lipinski definition) is 2. The Morgan fingerprint density at radius 3 is 2.83 bits per heavy atom. The number of nitrogens with one attached hydrogen (secondary N) is 1. The van der Waals surface area contributed by atoms with Gasteiger partial charge in [0.15, 0.2) is 0 Å². The molecule has 0 atom stereocenters.